The topological polar surface area (TPSA) is 102 Å². The Hall–Kier alpha value is -3.11. The molecule has 2 amide bonds. The minimum absolute atomic E-state index is 0.102. The molecule has 1 aliphatic rings. The molecular formula is C24H31BFN3O5. The number of amides is 2. The molecule has 10 heteroatoms. The smallest absolute Gasteiger partial charge is 0.442 e. The van der Waals surface area contributed by atoms with Crippen LogP contribution in [0.15, 0.2) is 42.5 Å². The van der Waals surface area contributed by atoms with E-state index in [0.29, 0.717) is 22.4 Å². The molecule has 1 saturated heterocycles. The van der Waals surface area contributed by atoms with Gasteiger partial charge in [-0.15, -0.1) is 0 Å². The van der Waals surface area contributed by atoms with Crippen molar-refractivity contribution < 1.29 is 28.8 Å². The van der Waals surface area contributed by atoms with Crippen LogP contribution < -0.4 is 20.6 Å². The summed E-state index contributed by atoms with van der Waals surface area (Å²) in [4.78, 5) is 28.0. The van der Waals surface area contributed by atoms with Gasteiger partial charge in [-0.3, -0.25) is 9.69 Å². The van der Waals surface area contributed by atoms with E-state index in [2.05, 4.69) is 5.32 Å². The van der Waals surface area contributed by atoms with Crippen LogP contribution in [0.3, 0.4) is 0 Å². The van der Waals surface area contributed by atoms with Crippen LogP contribution in [0.4, 0.5) is 20.6 Å². The normalized spacial score (nSPS) is 15.3. The summed E-state index contributed by atoms with van der Waals surface area (Å²) in [6, 6.07) is 11.1. The molecule has 0 radical (unpaired) electrons. The molecule has 2 aromatic carbocycles. The van der Waals surface area contributed by atoms with E-state index in [-0.39, 0.29) is 31.2 Å². The molecule has 1 fully saturated rings. The number of halogens is 1. The maximum atomic E-state index is 14.8. The van der Waals surface area contributed by atoms with Crippen LogP contribution in [0, 0.1) is 5.82 Å². The highest BCUT2D eigenvalue weighted by molar-refractivity contribution is 6.58. The fraction of sp³-hybridized carbons (Fsp3) is 0.417. The highest BCUT2D eigenvalue weighted by atomic mass is 19.1. The van der Waals surface area contributed by atoms with Crippen molar-refractivity contribution in [2.24, 2.45) is 0 Å². The molecule has 1 aliphatic heterocycles. The second kappa shape index (κ2) is 11.8. The molecule has 1 atom stereocenters. The van der Waals surface area contributed by atoms with Gasteiger partial charge in [0.2, 0.25) is 5.91 Å². The van der Waals surface area contributed by atoms with E-state index in [1.807, 2.05) is 18.7 Å². The minimum Gasteiger partial charge on any atom is -0.442 e. The van der Waals surface area contributed by atoms with Gasteiger partial charge in [0.05, 0.1) is 30.9 Å². The van der Waals surface area contributed by atoms with E-state index in [4.69, 9.17) is 14.8 Å². The van der Waals surface area contributed by atoms with Gasteiger partial charge in [0.15, 0.2) is 0 Å². The zero-order valence-corrected chi connectivity index (χ0v) is 19.5. The van der Waals surface area contributed by atoms with E-state index in [1.165, 1.54) is 23.1 Å². The summed E-state index contributed by atoms with van der Waals surface area (Å²) in [7, 11) is -1.56. The van der Waals surface area contributed by atoms with Gasteiger partial charge in [-0.2, -0.15) is 0 Å². The Kier molecular flexibility index (Phi) is 8.89. The first-order valence-corrected chi connectivity index (χ1v) is 11.6. The lowest BCUT2D eigenvalue weighted by molar-refractivity contribution is -0.120. The quantitative estimate of drug-likeness (QED) is 0.433. The van der Waals surface area contributed by atoms with Gasteiger partial charge < -0.3 is 25.0 Å². The number of carbonyl (C=O) groups excluding carboxylic acids is 2. The first-order chi connectivity index (χ1) is 16.3. The van der Waals surface area contributed by atoms with Crippen LogP contribution in [-0.2, 0) is 16.0 Å². The van der Waals surface area contributed by atoms with Gasteiger partial charge in [0.1, 0.15) is 11.9 Å². The van der Waals surface area contributed by atoms with Crippen molar-refractivity contribution in [1.82, 2.24) is 5.32 Å². The molecule has 0 saturated carbocycles. The molecule has 3 rings (SSSR count). The van der Waals surface area contributed by atoms with Crippen LogP contribution in [0.2, 0.25) is 0 Å². The Morgan fingerprint density at radius 1 is 1.18 bits per heavy atom. The molecule has 0 spiro atoms. The SMILES string of the molecule is CCCN(CCC)c1ccc(N2CC(CNC(=O)Cc3ccc(B(O)O)cc3)OC2=O)cc1F. The molecule has 3 N–H and O–H groups in total. The number of nitrogens with one attached hydrogen (secondary N) is 1. The van der Waals surface area contributed by atoms with Crippen LogP contribution >= 0.6 is 0 Å². The van der Waals surface area contributed by atoms with Crippen molar-refractivity contribution in [2.75, 3.05) is 36.0 Å². The van der Waals surface area contributed by atoms with Gasteiger partial charge in [-0.1, -0.05) is 38.1 Å². The highest BCUT2D eigenvalue weighted by Crippen LogP contribution is 2.28. The molecule has 0 aromatic heterocycles. The summed E-state index contributed by atoms with van der Waals surface area (Å²) < 4.78 is 20.2. The van der Waals surface area contributed by atoms with Crippen molar-refractivity contribution in [3.05, 3.63) is 53.8 Å². The molecule has 8 nitrogen and oxygen atoms in total. The average Bonchev–Trinajstić information content (AvgIpc) is 3.18. The number of rotatable bonds is 11. The van der Waals surface area contributed by atoms with Crippen molar-refractivity contribution in [1.29, 1.82) is 0 Å². The number of cyclic esters (lactones) is 1. The predicted molar refractivity (Wildman–Crippen MR) is 130 cm³/mol. The third-order valence-corrected chi connectivity index (χ3v) is 5.61. The summed E-state index contributed by atoms with van der Waals surface area (Å²) in [6.45, 7) is 5.94. The number of carbonyl (C=O) groups is 2. The Bertz CT molecular complexity index is 983. The number of anilines is 2. The molecular weight excluding hydrogens is 440 g/mol. The minimum atomic E-state index is -1.56. The van der Waals surface area contributed by atoms with Crippen molar-refractivity contribution in [2.45, 2.75) is 39.2 Å². The summed E-state index contributed by atoms with van der Waals surface area (Å²) in [5.41, 5.74) is 1.99. The summed E-state index contributed by atoms with van der Waals surface area (Å²) in [5, 5.41) is 21.0. The van der Waals surface area contributed by atoms with Crippen LogP contribution in [-0.4, -0.2) is 61.4 Å². The van der Waals surface area contributed by atoms with Crippen LogP contribution in [0.1, 0.15) is 32.3 Å². The molecule has 1 unspecified atom stereocenters. The lowest BCUT2D eigenvalue weighted by Crippen LogP contribution is -2.35. The highest BCUT2D eigenvalue weighted by Gasteiger charge is 2.33. The zero-order valence-electron chi connectivity index (χ0n) is 19.5. The molecule has 182 valence electrons. The number of benzene rings is 2. The Morgan fingerprint density at radius 2 is 1.85 bits per heavy atom. The van der Waals surface area contributed by atoms with Crippen molar-refractivity contribution in [3.63, 3.8) is 0 Å². The summed E-state index contributed by atoms with van der Waals surface area (Å²) in [6.07, 6.45) is 0.783. The van der Waals surface area contributed by atoms with E-state index < -0.39 is 19.3 Å². The number of hydrogen-bond donors (Lipinski definition) is 3. The van der Waals surface area contributed by atoms with Crippen LogP contribution in [0.25, 0.3) is 0 Å². The number of hydrogen-bond acceptors (Lipinski definition) is 6. The summed E-state index contributed by atoms with van der Waals surface area (Å²) in [5.74, 6) is -0.641. The standard InChI is InChI=1S/C24H31BFN3O5/c1-3-11-28(12-4-2)22-10-9-19(14-21(22)26)29-16-20(34-24(29)31)15-27-23(30)13-17-5-7-18(8-6-17)25(32)33/h5-10,14,20,32-33H,3-4,11-13,15-16H2,1-2H3,(H,27,30). The zero-order chi connectivity index (χ0) is 24.7. The third kappa shape index (κ3) is 6.48. The first-order valence-electron chi connectivity index (χ1n) is 11.6. The third-order valence-electron chi connectivity index (χ3n) is 5.61. The lowest BCUT2D eigenvalue weighted by atomic mass is 9.80. The fourth-order valence-corrected chi connectivity index (χ4v) is 3.93. The monoisotopic (exact) mass is 471 g/mol. The maximum Gasteiger partial charge on any atom is 0.488 e. The Balaban J connectivity index is 1.55. The van der Waals surface area contributed by atoms with Gasteiger partial charge in [0, 0.05) is 13.1 Å². The fourth-order valence-electron chi connectivity index (χ4n) is 3.93. The first kappa shape index (κ1) is 25.5. The van der Waals surface area contributed by atoms with E-state index in [9.17, 15) is 14.0 Å². The number of ether oxygens (including phenoxy) is 1. The molecule has 0 bridgehead atoms. The second-order valence-electron chi connectivity index (χ2n) is 8.34. The molecule has 1 heterocycles. The molecule has 34 heavy (non-hydrogen) atoms. The number of nitrogens with zero attached hydrogens (tertiary/aromatic N) is 2. The maximum absolute atomic E-state index is 14.8. The molecule has 2 aromatic rings. The van der Waals surface area contributed by atoms with E-state index in [0.717, 1.165) is 25.9 Å². The van der Waals surface area contributed by atoms with E-state index in [1.54, 1.807) is 24.3 Å². The van der Waals surface area contributed by atoms with E-state index >= 15 is 0 Å². The van der Waals surface area contributed by atoms with Crippen molar-refractivity contribution >= 4 is 36.0 Å². The van der Waals surface area contributed by atoms with Gasteiger partial charge >= 0.3 is 13.2 Å². The van der Waals surface area contributed by atoms with Gasteiger partial charge in [-0.05, 0) is 42.1 Å². The second-order valence-corrected chi connectivity index (χ2v) is 8.34. The average molecular weight is 471 g/mol. The summed E-state index contributed by atoms with van der Waals surface area (Å²) >= 11 is 0. The van der Waals surface area contributed by atoms with Crippen molar-refractivity contribution in [3.8, 4) is 0 Å². The Labute approximate surface area is 199 Å². The predicted octanol–water partition coefficient (Wildman–Crippen LogP) is 1.82. The van der Waals surface area contributed by atoms with Gasteiger partial charge in [-0.25, -0.2) is 9.18 Å². The van der Waals surface area contributed by atoms with Gasteiger partial charge in [0.25, 0.3) is 0 Å². The van der Waals surface area contributed by atoms with Crippen LogP contribution in [0.5, 0.6) is 0 Å². The Morgan fingerprint density at radius 3 is 2.44 bits per heavy atom. The lowest BCUT2D eigenvalue weighted by Gasteiger charge is -2.25. The largest absolute Gasteiger partial charge is 0.488 e. The molecule has 0 aliphatic carbocycles.